The number of benzene rings is 3. The highest BCUT2D eigenvalue weighted by Gasteiger charge is 2.21. The van der Waals surface area contributed by atoms with E-state index in [1.807, 2.05) is 6.07 Å². The van der Waals surface area contributed by atoms with E-state index in [2.05, 4.69) is 78.7 Å². The van der Waals surface area contributed by atoms with Crippen molar-refractivity contribution >= 4 is 17.5 Å². The van der Waals surface area contributed by atoms with E-state index in [-0.39, 0.29) is 0 Å². The van der Waals surface area contributed by atoms with E-state index in [1.54, 1.807) is 14.2 Å². The van der Waals surface area contributed by atoms with Crippen LogP contribution in [-0.2, 0) is 16.0 Å². The van der Waals surface area contributed by atoms with E-state index >= 15 is 0 Å². The average molecular weight is 490 g/mol. The van der Waals surface area contributed by atoms with Gasteiger partial charge in [-0.05, 0) is 65.4 Å². The first-order valence-electron chi connectivity index (χ1n) is 11.6. The maximum atomic E-state index is 9.10. The lowest BCUT2D eigenvalue weighted by Gasteiger charge is -2.16. The molecule has 0 spiro atoms. The zero-order valence-corrected chi connectivity index (χ0v) is 20.7. The molecule has 3 aromatic carbocycles. The van der Waals surface area contributed by atoms with Gasteiger partial charge in [0, 0.05) is 13.1 Å². The van der Waals surface area contributed by atoms with Crippen molar-refractivity contribution in [3.63, 3.8) is 0 Å². The zero-order chi connectivity index (χ0) is 26.1. The van der Waals surface area contributed by atoms with E-state index in [9.17, 15) is 0 Å². The molecule has 0 aliphatic heterocycles. The molecule has 0 saturated heterocycles. The molecule has 0 saturated carbocycles. The SMILES string of the molecule is COc1ccc(CCN(C)CCC=C2c3ccccc3-c3ccccc32)cc1OC.O=C(O)C(=O)O. The van der Waals surface area contributed by atoms with Crippen LogP contribution < -0.4 is 9.47 Å². The number of nitrogens with zero attached hydrogens (tertiary/aromatic N) is 1. The van der Waals surface area contributed by atoms with Gasteiger partial charge in [-0.15, -0.1) is 0 Å². The van der Waals surface area contributed by atoms with Gasteiger partial charge in [0.1, 0.15) is 0 Å². The number of hydrogen-bond acceptors (Lipinski definition) is 5. The molecule has 4 rings (SSSR count). The fourth-order valence-electron chi connectivity index (χ4n) is 4.17. The number of likely N-dealkylation sites (N-methyl/N-ethyl adjacent to an activating group) is 1. The normalized spacial score (nSPS) is 11.2. The molecule has 188 valence electrons. The Balaban J connectivity index is 0.000000538. The van der Waals surface area contributed by atoms with Crippen LogP contribution in [0.1, 0.15) is 23.1 Å². The van der Waals surface area contributed by atoms with Crippen molar-refractivity contribution in [3.05, 3.63) is 89.5 Å². The van der Waals surface area contributed by atoms with Crippen molar-refractivity contribution in [1.29, 1.82) is 0 Å². The van der Waals surface area contributed by atoms with Crippen LogP contribution in [0.5, 0.6) is 11.5 Å². The fourth-order valence-corrected chi connectivity index (χ4v) is 4.17. The van der Waals surface area contributed by atoms with Crippen LogP contribution in [0.15, 0.2) is 72.8 Å². The van der Waals surface area contributed by atoms with Gasteiger partial charge in [-0.2, -0.15) is 0 Å². The topological polar surface area (TPSA) is 96.3 Å². The largest absolute Gasteiger partial charge is 0.493 e. The summed E-state index contributed by atoms with van der Waals surface area (Å²) < 4.78 is 10.7. The first-order chi connectivity index (χ1) is 17.3. The standard InChI is InChI=1S/C27H29NO2.C2H2O4/c1-28(18-16-20-14-15-26(29-2)27(19-20)30-3)17-8-13-25-23-11-6-4-9-21(23)22-10-5-7-12-24(22)25;3-1(4)2(5)6/h4-7,9-15,19H,8,16-18H2,1-3H3;(H,3,4)(H,5,6). The molecule has 7 nitrogen and oxygen atoms in total. The highest BCUT2D eigenvalue weighted by atomic mass is 16.5. The lowest BCUT2D eigenvalue weighted by atomic mass is 10.0. The predicted molar refractivity (Wildman–Crippen MR) is 140 cm³/mol. The summed E-state index contributed by atoms with van der Waals surface area (Å²) in [6, 6.07) is 23.6. The highest BCUT2D eigenvalue weighted by Crippen LogP contribution is 2.43. The second-order valence-electron chi connectivity index (χ2n) is 8.35. The molecule has 2 N–H and O–H groups in total. The van der Waals surface area contributed by atoms with E-state index in [1.165, 1.54) is 33.4 Å². The number of methoxy groups -OCH3 is 2. The van der Waals surface area contributed by atoms with Gasteiger partial charge in [-0.1, -0.05) is 60.7 Å². The Hall–Kier alpha value is -4.10. The van der Waals surface area contributed by atoms with Gasteiger partial charge in [0.2, 0.25) is 0 Å². The third-order valence-electron chi connectivity index (χ3n) is 6.00. The molecule has 0 aromatic heterocycles. The molecule has 36 heavy (non-hydrogen) atoms. The van der Waals surface area contributed by atoms with Gasteiger partial charge in [0.25, 0.3) is 0 Å². The molecule has 1 aliphatic carbocycles. The van der Waals surface area contributed by atoms with E-state index in [0.717, 1.165) is 37.4 Å². The van der Waals surface area contributed by atoms with Gasteiger partial charge in [0.15, 0.2) is 11.5 Å². The lowest BCUT2D eigenvalue weighted by molar-refractivity contribution is -0.159. The second kappa shape index (κ2) is 12.6. The molecule has 0 fully saturated rings. The number of hydrogen-bond donors (Lipinski definition) is 2. The quantitative estimate of drug-likeness (QED) is 0.342. The van der Waals surface area contributed by atoms with Crippen molar-refractivity contribution in [2.45, 2.75) is 12.8 Å². The number of ether oxygens (including phenoxy) is 2. The molecule has 0 unspecified atom stereocenters. The fraction of sp³-hybridized carbons (Fsp3) is 0.241. The summed E-state index contributed by atoms with van der Waals surface area (Å²) in [5, 5.41) is 14.8. The Morgan fingerprint density at radius 3 is 1.81 bits per heavy atom. The first-order valence-corrected chi connectivity index (χ1v) is 11.6. The number of fused-ring (bicyclic) bond motifs is 3. The Labute approximate surface area is 211 Å². The maximum absolute atomic E-state index is 9.10. The number of aliphatic carboxylic acids is 2. The molecule has 7 heteroatoms. The van der Waals surface area contributed by atoms with Crippen LogP contribution in [0.3, 0.4) is 0 Å². The number of carboxylic acid groups (broad SMARTS) is 2. The Kier molecular flexibility index (Phi) is 9.25. The lowest BCUT2D eigenvalue weighted by Crippen LogP contribution is -2.22. The van der Waals surface area contributed by atoms with Gasteiger partial charge in [-0.3, -0.25) is 0 Å². The smallest absolute Gasteiger partial charge is 0.414 e. The number of rotatable bonds is 8. The third kappa shape index (κ3) is 6.52. The van der Waals surface area contributed by atoms with Crippen LogP contribution >= 0.6 is 0 Å². The monoisotopic (exact) mass is 489 g/mol. The van der Waals surface area contributed by atoms with Crippen molar-refractivity contribution in [2.24, 2.45) is 0 Å². The third-order valence-corrected chi connectivity index (χ3v) is 6.00. The van der Waals surface area contributed by atoms with Crippen LogP contribution in [0.4, 0.5) is 0 Å². The Bertz CT molecular complexity index is 1190. The van der Waals surface area contributed by atoms with Crippen LogP contribution in [0.25, 0.3) is 16.7 Å². The molecule has 0 atom stereocenters. The van der Waals surface area contributed by atoms with Gasteiger partial charge >= 0.3 is 11.9 Å². The van der Waals surface area contributed by atoms with Crippen molar-refractivity contribution in [3.8, 4) is 22.6 Å². The predicted octanol–water partition coefficient (Wildman–Crippen LogP) is 4.84. The Morgan fingerprint density at radius 2 is 1.31 bits per heavy atom. The first kappa shape index (κ1) is 26.5. The summed E-state index contributed by atoms with van der Waals surface area (Å²) in [6.45, 7) is 2.03. The minimum atomic E-state index is -1.82. The molecular weight excluding hydrogens is 458 g/mol. The Morgan fingerprint density at radius 1 is 0.778 bits per heavy atom. The molecule has 0 amide bonds. The van der Waals surface area contributed by atoms with Crippen LogP contribution in [0, 0.1) is 0 Å². The second-order valence-corrected chi connectivity index (χ2v) is 8.35. The summed E-state index contributed by atoms with van der Waals surface area (Å²) in [5.41, 5.74) is 8.03. The van der Waals surface area contributed by atoms with Gasteiger partial charge in [-0.25, -0.2) is 9.59 Å². The molecular formula is C29H31NO6. The molecule has 0 bridgehead atoms. The van der Waals surface area contributed by atoms with E-state index in [4.69, 9.17) is 29.3 Å². The van der Waals surface area contributed by atoms with E-state index < -0.39 is 11.9 Å². The molecule has 3 aromatic rings. The van der Waals surface area contributed by atoms with Gasteiger partial charge < -0.3 is 24.6 Å². The summed E-state index contributed by atoms with van der Waals surface area (Å²) >= 11 is 0. The number of carboxylic acids is 2. The average Bonchev–Trinajstić information content (AvgIpc) is 3.21. The summed E-state index contributed by atoms with van der Waals surface area (Å²) in [6.07, 6.45) is 4.41. The van der Waals surface area contributed by atoms with Crippen LogP contribution in [0.2, 0.25) is 0 Å². The molecule has 0 radical (unpaired) electrons. The molecule has 0 heterocycles. The highest BCUT2D eigenvalue weighted by molar-refractivity contribution is 6.27. The van der Waals surface area contributed by atoms with Crippen molar-refractivity contribution < 1.29 is 29.3 Å². The number of carbonyl (C=O) groups is 2. The maximum Gasteiger partial charge on any atom is 0.414 e. The van der Waals surface area contributed by atoms with Crippen LogP contribution in [-0.4, -0.2) is 61.4 Å². The minimum Gasteiger partial charge on any atom is -0.493 e. The zero-order valence-electron chi connectivity index (χ0n) is 20.7. The van der Waals surface area contributed by atoms with Crippen molar-refractivity contribution in [2.75, 3.05) is 34.4 Å². The van der Waals surface area contributed by atoms with E-state index in [0.29, 0.717) is 0 Å². The summed E-state index contributed by atoms with van der Waals surface area (Å²) in [4.78, 5) is 20.6. The summed E-state index contributed by atoms with van der Waals surface area (Å²) in [5.74, 6) is -2.08. The van der Waals surface area contributed by atoms with Crippen molar-refractivity contribution in [1.82, 2.24) is 4.90 Å². The molecule has 1 aliphatic rings. The minimum absolute atomic E-state index is 0.776. The van der Waals surface area contributed by atoms with Gasteiger partial charge in [0.05, 0.1) is 14.2 Å². The summed E-state index contributed by atoms with van der Waals surface area (Å²) in [7, 11) is 5.54.